The molecular weight excluding hydrogens is 304 g/mol. The quantitative estimate of drug-likeness (QED) is 0.667. The van der Waals surface area contributed by atoms with Crippen LogP contribution < -0.4 is 4.72 Å². The van der Waals surface area contributed by atoms with Crippen molar-refractivity contribution in [3.63, 3.8) is 0 Å². The summed E-state index contributed by atoms with van der Waals surface area (Å²) in [7, 11) is 0. The van der Waals surface area contributed by atoms with Gasteiger partial charge in [-0.25, -0.2) is 9.11 Å². The van der Waals surface area contributed by atoms with E-state index in [4.69, 9.17) is 0 Å². The Bertz CT molecular complexity index is 599. The van der Waals surface area contributed by atoms with Gasteiger partial charge in [0.05, 0.1) is 6.20 Å². The molecule has 112 valence electrons. The molecule has 1 unspecified atom stereocenters. The van der Waals surface area contributed by atoms with E-state index in [1.165, 1.54) is 18.3 Å². The summed E-state index contributed by atoms with van der Waals surface area (Å²) < 4.78 is 54.7. The van der Waals surface area contributed by atoms with Crippen LogP contribution >= 0.6 is 11.9 Å². The largest absolute Gasteiger partial charge is 0.408 e. The molecule has 1 N–H and O–H groups in total. The molecular formula is C14H12F4N2S. The zero-order valence-electron chi connectivity index (χ0n) is 11.0. The first-order valence-corrected chi connectivity index (χ1v) is 6.84. The molecule has 0 radical (unpaired) electrons. The van der Waals surface area contributed by atoms with Crippen molar-refractivity contribution in [3.8, 4) is 0 Å². The normalized spacial score (nSPS) is 13.2. The zero-order chi connectivity index (χ0) is 15.5. The van der Waals surface area contributed by atoms with Gasteiger partial charge in [0.15, 0.2) is 0 Å². The lowest BCUT2D eigenvalue weighted by Crippen LogP contribution is -2.30. The number of hydrogen-bond acceptors (Lipinski definition) is 3. The number of aromatic nitrogens is 1. The van der Waals surface area contributed by atoms with E-state index < -0.39 is 18.0 Å². The molecule has 0 aliphatic carbocycles. The van der Waals surface area contributed by atoms with Crippen molar-refractivity contribution in [2.24, 2.45) is 0 Å². The Morgan fingerprint density at radius 1 is 1.14 bits per heavy atom. The minimum absolute atomic E-state index is 0.102. The summed E-state index contributed by atoms with van der Waals surface area (Å²) in [5.41, 5.74) is 0.978. The van der Waals surface area contributed by atoms with Crippen molar-refractivity contribution in [2.45, 2.75) is 24.0 Å². The van der Waals surface area contributed by atoms with Gasteiger partial charge >= 0.3 is 6.18 Å². The second-order valence-corrected chi connectivity index (χ2v) is 5.36. The van der Waals surface area contributed by atoms with Crippen LogP contribution in [0.1, 0.15) is 17.2 Å². The van der Waals surface area contributed by atoms with Crippen LogP contribution in [0.4, 0.5) is 17.6 Å². The number of benzene rings is 1. The highest BCUT2D eigenvalue weighted by Crippen LogP contribution is 2.35. The molecule has 0 spiro atoms. The molecule has 2 aromatic rings. The van der Waals surface area contributed by atoms with Gasteiger partial charge in [0, 0.05) is 11.1 Å². The van der Waals surface area contributed by atoms with Gasteiger partial charge in [0.1, 0.15) is 11.9 Å². The molecule has 0 aliphatic heterocycles. The number of pyridine rings is 1. The molecule has 0 aliphatic rings. The Morgan fingerprint density at radius 3 is 2.38 bits per heavy atom. The molecule has 1 aromatic carbocycles. The number of halogens is 4. The van der Waals surface area contributed by atoms with Gasteiger partial charge in [0.2, 0.25) is 0 Å². The van der Waals surface area contributed by atoms with Gasteiger partial charge in [-0.1, -0.05) is 29.8 Å². The number of nitrogens with zero attached hydrogens (tertiary/aromatic N) is 1. The summed E-state index contributed by atoms with van der Waals surface area (Å²) in [5.74, 6) is -0.597. The maximum Gasteiger partial charge on any atom is 0.408 e. The minimum Gasteiger partial charge on any atom is -0.260 e. The highest BCUT2D eigenvalue weighted by atomic mass is 32.2. The first-order chi connectivity index (χ1) is 9.86. The number of aryl methyl sites for hydroxylation is 1. The van der Waals surface area contributed by atoms with E-state index in [1.807, 2.05) is 0 Å². The van der Waals surface area contributed by atoms with Crippen molar-refractivity contribution in [3.05, 3.63) is 59.7 Å². The average molecular weight is 316 g/mol. The Kier molecular flexibility index (Phi) is 4.84. The van der Waals surface area contributed by atoms with Gasteiger partial charge in [-0.15, -0.1) is 0 Å². The molecule has 0 saturated carbocycles. The third-order valence-corrected chi connectivity index (χ3v) is 3.52. The van der Waals surface area contributed by atoms with Crippen LogP contribution in [0, 0.1) is 12.7 Å². The van der Waals surface area contributed by atoms with Gasteiger partial charge in [-0.05, 0) is 30.5 Å². The standard InChI is InChI=1S/C14H12F4N2S/c1-9-2-4-10(5-3-9)13(14(16,17)18)20-21-12-6-11(15)7-19-8-12/h2-8,13,20H,1H3. The van der Waals surface area contributed by atoms with Crippen molar-refractivity contribution in [2.75, 3.05) is 0 Å². The lowest BCUT2D eigenvalue weighted by Gasteiger charge is -2.21. The molecule has 0 amide bonds. The summed E-state index contributed by atoms with van der Waals surface area (Å²) >= 11 is 0.696. The predicted molar refractivity (Wildman–Crippen MR) is 73.2 cm³/mol. The minimum atomic E-state index is -4.46. The Morgan fingerprint density at radius 2 is 1.81 bits per heavy atom. The Hall–Kier alpha value is -1.60. The Balaban J connectivity index is 2.16. The van der Waals surface area contributed by atoms with Crippen LogP contribution in [0.15, 0.2) is 47.6 Å². The summed E-state index contributed by atoms with van der Waals surface area (Å²) in [4.78, 5) is 3.87. The van der Waals surface area contributed by atoms with E-state index in [2.05, 4.69) is 9.71 Å². The summed E-state index contributed by atoms with van der Waals surface area (Å²) in [6.45, 7) is 1.80. The third kappa shape index (κ3) is 4.44. The van der Waals surface area contributed by atoms with Gasteiger partial charge in [-0.2, -0.15) is 13.2 Å². The molecule has 0 bridgehead atoms. The highest BCUT2D eigenvalue weighted by molar-refractivity contribution is 7.97. The van der Waals surface area contributed by atoms with Gasteiger partial charge in [0.25, 0.3) is 0 Å². The maximum atomic E-state index is 13.1. The fraction of sp³-hybridized carbons (Fsp3) is 0.214. The van der Waals surface area contributed by atoms with E-state index in [9.17, 15) is 17.6 Å². The zero-order valence-corrected chi connectivity index (χ0v) is 11.8. The van der Waals surface area contributed by atoms with Crippen LogP contribution in [-0.2, 0) is 0 Å². The molecule has 7 heteroatoms. The fourth-order valence-electron chi connectivity index (χ4n) is 1.66. The van der Waals surface area contributed by atoms with E-state index in [1.54, 1.807) is 19.1 Å². The summed E-state index contributed by atoms with van der Waals surface area (Å²) in [5, 5.41) is 0. The number of rotatable bonds is 4. The van der Waals surface area contributed by atoms with E-state index >= 15 is 0 Å². The smallest absolute Gasteiger partial charge is 0.260 e. The molecule has 2 rings (SSSR count). The predicted octanol–water partition coefficient (Wildman–Crippen LogP) is 4.43. The monoisotopic (exact) mass is 316 g/mol. The first kappa shape index (κ1) is 15.8. The molecule has 21 heavy (non-hydrogen) atoms. The van der Waals surface area contributed by atoms with Crippen LogP contribution in [0.25, 0.3) is 0 Å². The maximum absolute atomic E-state index is 13.1. The average Bonchev–Trinajstić information content (AvgIpc) is 2.39. The highest BCUT2D eigenvalue weighted by Gasteiger charge is 2.40. The lowest BCUT2D eigenvalue weighted by atomic mass is 10.1. The van der Waals surface area contributed by atoms with E-state index in [0.717, 1.165) is 17.8 Å². The van der Waals surface area contributed by atoms with Crippen molar-refractivity contribution >= 4 is 11.9 Å². The van der Waals surface area contributed by atoms with Crippen LogP contribution in [-0.4, -0.2) is 11.2 Å². The SMILES string of the molecule is Cc1ccc(C(NSc2cncc(F)c2)C(F)(F)F)cc1. The Labute approximate surface area is 123 Å². The second kappa shape index (κ2) is 6.44. The summed E-state index contributed by atoms with van der Waals surface area (Å²) in [6, 6.07) is 5.35. The van der Waals surface area contributed by atoms with Crippen molar-refractivity contribution < 1.29 is 17.6 Å². The fourth-order valence-corrected chi connectivity index (χ4v) is 2.47. The molecule has 1 heterocycles. The van der Waals surface area contributed by atoms with Crippen LogP contribution in [0.5, 0.6) is 0 Å². The van der Waals surface area contributed by atoms with Crippen LogP contribution in [0.2, 0.25) is 0 Å². The van der Waals surface area contributed by atoms with E-state index in [0.29, 0.717) is 11.9 Å². The van der Waals surface area contributed by atoms with Crippen molar-refractivity contribution in [1.82, 2.24) is 9.71 Å². The molecule has 1 aromatic heterocycles. The number of nitrogens with one attached hydrogen (secondary N) is 1. The summed E-state index contributed by atoms with van der Waals surface area (Å²) in [6.07, 6.45) is -2.17. The lowest BCUT2D eigenvalue weighted by molar-refractivity contribution is -0.152. The van der Waals surface area contributed by atoms with Crippen molar-refractivity contribution in [1.29, 1.82) is 0 Å². The first-order valence-electron chi connectivity index (χ1n) is 6.02. The molecule has 0 saturated heterocycles. The van der Waals surface area contributed by atoms with Gasteiger partial charge < -0.3 is 0 Å². The molecule has 2 nitrogen and oxygen atoms in total. The molecule has 1 atom stereocenters. The number of alkyl halides is 3. The number of hydrogen-bond donors (Lipinski definition) is 1. The topological polar surface area (TPSA) is 24.9 Å². The molecule has 0 fully saturated rings. The van der Waals surface area contributed by atoms with Gasteiger partial charge in [-0.3, -0.25) is 4.98 Å². The van der Waals surface area contributed by atoms with E-state index in [-0.39, 0.29) is 10.5 Å². The second-order valence-electron chi connectivity index (χ2n) is 4.44. The van der Waals surface area contributed by atoms with Crippen LogP contribution in [0.3, 0.4) is 0 Å². The third-order valence-electron chi connectivity index (χ3n) is 2.71.